The number of thiazole rings is 1. The number of amides is 1. The molecule has 9 heteroatoms. The summed E-state index contributed by atoms with van der Waals surface area (Å²) < 4.78 is 18.2. The zero-order chi connectivity index (χ0) is 29.1. The van der Waals surface area contributed by atoms with Gasteiger partial charge in [-0.25, -0.2) is 4.98 Å². The summed E-state index contributed by atoms with van der Waals surface area (Å²) in [7, 11) is 0. The second kappa shape index (κ2) is 12.0. The molecule has 212 valence electrons. The van der Waals surface area contributed by atoms with Gasteiger partial charge in [-0.2, -0.15) is 0 Å². The van der Waals surface area contributed by atoms with Gasteiger partial charge in [-0.15, -0.1) is 0 Å². The number of aryl methyl sites for hydroxylation is 1. The number of ether oxygens (including phenoxy) is 3. The summed E-state index contributed by atoms with van der Waals surface area (Å²) in [6.07, 6.45) is 0.826. The van der Waals surface area contributed by atoms with Gasteiger partial charge in [-0.3, -0.25) is 14.5 Å². The van der Waals surface area contributed by atoms with Gasteiger partial charge in [-0.1, -0.05) is 54.2 Å². The van der Waals surface area contributed by atoms with Crippen molar-refractivity contribution in [2.75, 3.05) is 24.7 Å². The van der Waals surface area contributed by atoms with Gasteiger partial charge in [0.2, 0.25) is 0 Å². The van der Waals surface area contributed by atoms with Crippen molar-refractivity contribution in [1.29, 1.82) is 0 Å². The lowest BCUT2D eigenvalue weighted by Crippen LogP contribution is -2.29. The number of ketones is 1. The number of aliphatic hydroxyl groups is 1. The van der Waals surface area contributed by atoms with E-state index >= 15 is 0 Å². The van der Waals surface area contributed by atoms with Crippen LogP contribution in [-0.4, -0.2) is 41.6 Å². The molecule has 0 radical (unpaired) electrons. The fourth-order valence-electron chi connectivity index (χ4n) is 4.76. The van der Waals surface area contributed by atoms with Crippen LogP contribution in [0.3, 0.4) is 0 Å². The summed E-state index contributed by atoms with van der Waals surface area (Å²) in [6, 6.07) is 17.0. The Bertz CT molecular complexity index is 1630. The molecule has 0 spiro atoms. The Labute approximate surface area is 242 Å². The molecule has 1 aliphatic heterocycles. The third-order valence-corrected chi connectivity index (χ3v) is 7.70. The van der Waals surface area contributed by atoms with Gasteiger partial charge >= 0.3 is 5.91 Å². The third kappa shape index (κ3) is 5.50. The number of carbonyl (C=O) groups is 2. The number of rotatable bonds is 10. The molecule has 1 N–H and O–H groups in total. The van der Waals surface area contributed by atoms with Gasteiger partial charge < -0.3 is 19.3 Å². The quantitative estimate of drug-likeness (QED) is 0.127. The van der Waals surface area contributed by atoms with Gasteiger partial charge in [0.25, 0.3) is 5.78 Å². The Hall–Kier alpha value is -4.37. The number of hydrogen-bond acceptors (Lipinski definition) is 8. The SMILES string of the molecule is CCCOc1ccc(C2/C(=C(\O)c3ccc(C)cc3)C(=O)C(=O)N2c2nc3ccc(OCC)cc3s2)cc1OCC. The normalized spacial score (nSPS) is 16.4. The molecule has 8 nitrogen and oxygen atoms in total. The molecule has 1 amide bonds. The highest BCUT2D eigenvalue weighted by molar-refractivity contribution is 7.22. The van der Waals surface area contributed by atoms with E-state index in [2.05, 4.69) is 0 Å². The minimum Gasteiger partial charge on any atom is -0.507 e. The van der Waals surface area contributed by atoms with Crippen molar-refractivity contribution in [1.82, 2.24) is 4.98 Å². The number of Topliss-reactive ketones (excluding diaryl/α,β-unsaturated/α-hetero) is 1. The highest BCUT2D eigenvalue weighted by atomic mass is 32.1. The van der Waals surface area contributed by atoms with E-state index in [1.807, 2.05) is 58.0 Å². The highest BCUT2D eigenvalue weighted by Crippen LogP contribution is 2.46. The first-order chi connectivity index (χ1) is 19.9. The summed E-state index contributed by atoms with van der Waals surface area (Å²) in [6.45, 7) is 9.16. The van der Waals surface area contributed by atoms with Crippen LogP contribution in [0, 0.1) is 6.92 Å². The number of nitrogens with zero attached hydrogens (tertiary/aromatic N) is 2. The van der Waals surface area contributed by atoms with Crippen LogP contribution in [0.1, 0.15) is 49.9 Å². The molecular formula is C32H32N2O6S. The Kier molecular flexibility index (Phi) is 8.26. The first-order valence-electron chi connectivity index (χ1n) is 13.7. The van der Waals surface area contributed by atoms with Crippen molar-refractivity contribution < 1.29 is 28.9 Å². The fourth-order valence-corrected chi connectivity index (χ4v) is 5.78. The molecule has 41 heavy (non-hydrogen) atoms. The van der Waals surface area contributed by atoms with Crippen LogP contribution in [0.2, 0.25) is 0 Å². The van der Waals surface area contributed by atoms with Gasteiger partial charge in [0.05, 0.1) is 41.7 Å². The topological polar surface area (TPSA) is 98.2 Å². The molecule has 0 bridgehead atoms. The fraction of sp³-hybridized carbons (Fsp3) is 0.281. The second-order valence-corrected chi connectivity index (χ2v) is 10.6. The molecule has 1 aromatic heterocycles. The largest absolute Gasteiger partial charge is 0.507 e. The number of benzene rings is 3. The van der Waals surface area contributed by atoms with Crippen molar-refractivity contribution in [3.63, 3.8) is 0 Å². The van der Waals surface area contributed by atoms with Crippen molar-refractivity contribution in [3.05, 3.63) is 82.9 Å². The smallest absolute Gasteiger partial charge is 0.301 e. The lowest BCUT2D eigenvalue weighted by molar-refractivity contribution is -0.132. The van der Waals surface area contributed by atoms with Crippen LogP contribution in [0.5, 0.6) is 17.2 Å². The molecule has 1 fully saturated rings. The van der Waals surface area contributed by atoms with Crippen molar-refractivity contribution in [3.8, 4) is 17.2 Å². The summed E-state index contributed by atoms with van der Waals surface area (Å²) in [5.41, 5.74) is 2.68. The zero-order valence-electron chi connectivity index (χ0n) is 23.5. The maximum absolute atomic E-state index is 13.7. The lowest BCUT2D eigenvalue weighted by Gasteiger charge is -2.24. The first-order valence-corrected chi connectivity index (χ1v) is 14.5. The third-order valence-electron chi connectivity index (χ3n) is 6.68. The van der Waals surface area contributed by atoms with Gasteiger partial charge in [0.15, 0.2) is 16.6 Å². The van der Waals surface area contributed by atoms with E-state index in [1.54, 1.807) is 30.3 Å². The molecule has 2 heterocycles. The Balaban J connectivity index is 1.69. The van der Waals surface area contributed by atoms with E-state index < -0.39 is 17.7 Å². The molecule has 5 rings (SSSR count). The molecular weight excluding hydrogens is 540 g/mol. The van der Waals surface area contributed by atoms with E-state index in [0.29, 0.717) is 58.8 Å². The summed E-state index contributed by atoms with van der Waals surface area (Å²) in [5.74, 6) is -0.0536. The minimum atomic E-state index is -0.942. The molecule has 1 aliphatic rings. The molecule has 0 aliphatic carbocycles. The maximum atomic E-state index is 13.7. The minimum absolute atomic E-state index is 0.0159. The number of anilines is 1. The molecule has 1 atom stereocenters. The Morgan fingerprint density at radius 1 is 0.927 bits per heavy atom. The van der Waals surface area contributed by atoms with E-state index in [9.17, 15) is 14.7 Å². The van der Waals surface area contributed by atoms with Crippen LogP contribution in [-0.2, 0) is 9.59 Å². The van der Waals surface area contributed by atoms with Crippen LogP contribution in [0.25, 0.3) is 16.0 Å². The van der Waals surface area contributed by atoms with E-state index in [1.165, 1.54) is 16.2 Å². The summed E-state index contributed by atoms with van der Waals surface area (Å²) in [5, 5.41) is 11.8. The van der Waals surface area contributed by atoms with Crippen LogP contribution >= 0.6 is 11.3 Å². The van der Waals surface area contributed by atoms with Gasteiger partial charge in [0, 0.05) is 5.56 Å². The lowest BCUT2D eigenvalue weighted by atomic mass is 9.95. The predicted octanol–water partition coefficient (Wildman–Crippen LogP) is 6.82. The van der Waals surface area contributed by atoms with E-state index in [0.717, 1.165) is 16.7 Å². The average molecular weight is 573 g/mol. The van der Waals surface area contributed by atoms with Crippen molar-refractivity contribution in [2.45, 2.75) is 40.2 Å². The van der Waals surface area contributed by atoms with Crippen LogP contribution in [0.4, 0.5) is 5.13 Å². The van der Waals surface area contributed by atoms with Gasteiger partial charge in [-0.05, 0) is 63.1 Å². The maximum Gasteiger partial charge on any atom is 0.301 e. The van der Waals surface area contributed by atoms with Crippen molar-refractivity contribution in [2.24, 2.45) is 0 Å². The number of hydrogen-bond donors (Lipinski definition) is 1. The first kappa shape index (κ1) is 28.2. The summed E-state index contributed by atoms with van der Waals surface area (Å²) >= 11 is 1.28. The monoisotopic (exact) mass is 572 g/mol. The zero-order valence-corrected chi connectivity index (χ0v) is 24.3. The van der Waals surface area contributed by atoms with Crippen molar-refractivity contribution >= 4 is 44.1 Å². The number of aromatic nitrogens is 1. The van der Waals surface area contributed by atoms with E-state index in [4.69, 9.17) is 19.2 Å². The van der Waals surface area contributed by atoms with Crippen LogP contribution in [0.15, 0.2) is 66.2 Å². The standard InChI is InChI=1S/C32H32N2O6S/c1-5-16-40-24-15-12-21(17-25(24)39-7-3)28-27(29(35)20-10-8-19(4)9-11-20)30(36)31(37)34(28)32-33-23-14-13-22(38-6-2)18-26(23)41-32/h8-15,17-18,28,35H,5-7,16H2,1-4H3/b29-27+. The molecule has 3 aromatic carbocycles. The Morgan fingerprint density at radius 3 is 2.39 bits per heavy atom. The average Bonchev–Trinajstić information content (AvgIpc) is 3.50. The van der Waals surface area contributed by atoms with Crippen LogP contribution < -0.4 is 19.1 Å². The van der Waals surface area contributed by atoms with Gasteiger partial charge in [0.1, 0.15) is 11.5 Å². The molecule has 0 saturated carbocycles. The predicted molar refractivity (Wildman–Crippen MR) is 160 cm³/mol. The number of carbonyl (C=O) groups excluding carboxylic acids is 2. The van der Waals surface area contributed by atoms with E-state index in [-0.39, 0.29) is 11.3 Å². The molecule has 1 unspecified atom stereocenters. The number of aliphatic hydroxyl groups excluding tert-OH is 1. The second-order valence-electron chi connectivity index (χ2n) is 9.58. The summed E-state index contributed by atoms with van der Waals surface area (Å²) in [4.78, 5) is 33.4. The molecule has 1 saturated heterocycles. The number of fused-ring (bicyclic) bond motifs is 1. The molecule has 4 aromatic rings. The Morgan fingerprint density at radius 2 is 1.68 bits per heavy atom. The highest BCUT2D eigenvalue weighted by Gasteiger charge is 2.48.